The van der Waals surface area contributed by atoms with Crippen LogP contribution in [0.4, 0.5) is 5.13 Å². The van der Waals surface area contributed by atoms with Crippen LogP contribution in [0, 0.1) is 0 Å². The van der Waals surface area contributed by atoms with Crippen molar-refractivity contribution in [1.82, 2.24) is 9.36 Å². The van der Waals surface area contributed by atoms with Crippen molar-refractivity contribution >= 4 is 40.6 Å². The SMILES string of the molecule is Nc1nc(CON=CC(=O)S)ns1. The molecule has 0 bridgehead atoms. The van der Waals surface area contributed by atoms with Crippen molar-refractivity contribution in [3.63, 3.8) is 0 Å². The largest absolute Gasteiger partial charge is 0.387 e. The topological polar surface area (TPSA) is 90.5 Å². The molecule has 0 fully saturated rings. The van der Waals surface area contributed by atoms with E-state index < -0.39 is 5.12 Å². The van der Waals surface area contributed by atoms with Gasteiger partial charge in [0.05, 0.1) is 0 Å². The van der Waals surface area contributed by atoms with Gasteiger partial charge in [0.1, 0.15) is 6.21 Å². The van der Waals surface area contributed by atoms with Gasteiger partial charge < -0.3 is 10.6 Å². The molecular weight excluding hydrogens is 212 g/mol. The number of hydrogen-bond acceptors (Lipinski definition) is 7. The van der Waals surface area contributed by atoms with Crippen molar-refractivity contribution in [2.45, 2.75) is 6.61 Å². The van der Waals surface area contributed by atoms with E-state index in [2.05, 4.69) is 32.0 Å². The molecule has 0 radical (unpaired) electrons. The van der Waals surface area contributed by atoms with Gasteiger partial charge in [0.25, 0.3) is 0 Å². The molecule has 0 spiro atoms. The molecule has 0 unspecified atom stereocenters. The Hall–Kier alpha value is -1.15. The molecule has 1 aromatic rings. The Balaban J connectivity index is 2.31. The first-order chi connectivity index (χ1) is 6.18. The average molecular weight is 218 g/mol. The van der Waals surface area contributed by atoms with Crippen LogP contribution in [0.5, 0.6) is 0 Å². The second-order valence-corrected chi connectivity index (χ2v) is 3.12. The number of thiol groups is 1. The first-order valence-electron chi connectivity index (χ1n) is 3.15. The van der Waals surface area contributed by atoms with Gasteiger partial charge in [0.2, 0.25) is 5.12 Å². The third-order valence-corrected chi connectivity index (χ3v) is 1.61. The zero-order valence-electron chi connectivity index (χ0n) is 6.38. The fourth-order valence-electron chi connectivity index (χ4n) is 0.503. The molecule has 0 aliphatic rings. The third-order valence-electron chi connectivity index (χ3n) is 0.915. The maximum absolute atomic E-state index is 10.2. The van der Waals surface area contributed by atoms with Crippen molar-refractivity contribution < 1.29 is 9.63 Å². The second-order valence-electron chi connectivity index (χ2n) is 1.90. The second kappa shape index (κ2) is 4.77. The van der Waals surface area contributed by atoms with E-state index in [1.807, 2.05) is 0 Å². The van der Waals surface area contributed by atoms with Crippen molar-refractivity contribution in [2.24, 2.45) is 5.16 Å². The summed E-state index contributed by atoms with van der Waals surface area (Å²) in [5.41, 5.74) is 5.32. The van der Waals surface area contributed by atoms with E-state index in [4.69, 9.17) is 5.73 Å². The highest BCUT2D eigenvalue weighted by Crippen LogP contribution is 2.05. The van der Waals surface area contributed by atoms with Gasteiger partial charge in [-0.15, -0.1) is 0 Å². The molecule has 13 heavy (non-hydrogen) atoms. The standard InChI is InChI=1S/C5H6N4O2S2/c6-5-8-3(9-13-5)2-11-7-1-4(10)12/h1H,2H2,(H,10,12)(H2,6,8,9). The lowest BCUT2D eigenvalue weighted by molar-refractivity contribution is -0.105. The summed E-state index contributed by atoms with van der Waals surface area (Å²) in [6, 6.07) is 0. The van der Waals surface area contributed by atoms with Gasteiger partial charge in [-0.05, 0) is 0 Å². The number of nitrogens with two attached hydrogens (primary N) is 1. The van der Waals surface area contributed by atoms with Crippen LogP contribution in [0.25, 0.3) is 0 Å². The summed E-state index contributed by atoms with van der Waals surface area (Å²) in [6.07, 6.45) is 0.943. The maximum atomic E-state index is 10.2. The molecule has 2 N–H and O–H groups in total. The van der Waals surface area contributed by atoms with Crippen LogP contribution in [0.3, 0.4) is 0 Å². The number of anilines is 1. The monoisotopic (exact) mass is 218 g/mol. The molecule has 0 saturated heterocycles. The Kier molecular flexibility index (Phi) is 3.65. The highest BCUT2D eigenvalue weighted by Gasteiger charge is 1.99. The van der Waals surface area contributed by atoms with E-state index in [0.29, 0.717) is 11.0 Å². The summed E-state index contributed by atoms with van der Waals surface area (Å²) < 4.78 is 3.84. The Morgan fingerprint density at radius 1 is 1.85 bits per heavy atom. The molecule has 1 rings (SSSR count). The average Bonchev–Trinajstić information content (AvgIpc) is 2.45. The molecule has 8 heteroatoms. The van der Waals surface area contributed by atoms with E-state index >= 15 is 0 Å². The van der Waals surface area contributed by atoms with Gasteiger partial charge in [-0.3, -0.25) is 4.79 Å². The molecule has 0 atom stereocenters. The van der Waals surface area contributed by atoms with Crippen LogP contribution in [0.1, 0.15) is 5.82 Å². The number of nitrogen functional groups attached to an aromatic ring is 1. The number of nitrogens with zero attached hydrogens (tertiary/aromatic N) is 3. The zero-order chi connectivity index (χ0) is 9.68. The number of aromatic nitrogens is 2. The number of carbonyl (C=O) groups is 1. The van der Waals surface area contributed by atoms with E-state index in [1.165, 1.54) is 0 Å². The van der Waals surface area contributed by atoms with Gasteiger partial charge in [-0.1, -0.05) is 17.8 Å². The first kappa shape index (κ1) is 9.93. The van der Waals surface area contributed by atoms with Gasteiger partial charge in [0.15, 0.2) is 17.6 Å². The molecule has 0 saturated carbocycles. The van der Waals surface area contributed by atoms with Crippen LogP contribution in [0.2, 0.25) is 0 Å². The summed E-state index contributed by atoms with van der Waals surface area (Å²) in [4.78, 5) is 18.7. The van der Waals surface area contributed by atoms with Crippen molar-refractivity contribution in [3.05, 3.63) is 5.82 Å². The van der Waals surface area contributed by atoms with Crippen LogP contribution < -0.4 is 5.73 Å². The Morgan fingerprint density at radius 2 is 2.62 bits per heavy atom. The summed E-state index contributed by atoms with van der Waals surface area (Å²) >= 11 is 4.52. The zero-order valence-corrected chi connectivity index (χ0v) is 8.09. The molecule has 0 amide bonds. The smallest absolute Gasteiger partial charge is 0.230 e. The Labute approximate surface area is 83.4 Å². The van der Waals surface area contributed by atoms with Gasteiger partial charge >= 0.3 is 0 Å². The maximum Gasteiger partial charge on any atom is 0.230 e. The molecule has 0 aromatic carbocycles. The molecule has 1 aromatic heterocycles. The number of hydrogen-bond donors (Lipinski definition) is 2. The minimum Gasteiger partial charge on any atom is -0.387 e. The number of carbonyl (C=O) groups excluding carboxylic acids is 1. The molecule has 0 aliphatic heterocycles. The minimum absolute atomic E-state index is 0.0885. The molecule has 70 valence electrons. The lowest BCUT2D eigenvalue weighted by atomic mass is 10.7. The lowest BCUT2D eigenvalue weighted by Gasteiger charge is -1.91. The highest BCUT2D eigenvalue weighted by molar-refractivity contribution is 7.98. The normalized spacial score (nSPS) is 10.5. The molecule has 0 aliphatic carbocycles. The number of oxime groups is 1. The van der Waals surface area contributed by atoms with Crippen LogP contribution in [0.15, 0.2) is 5.16 Å². The predicted octanol–water partition coefficient (Wildman–Crippen LogP) is 0.0791. The van der Waals surface area contributed by atoms with Crippen LogP contribution in [-0.2, 0) is 16.2 Å². The number of rotatable bonds is 4. The lowest BCUT2D eigenvalue weighted by Crippen LogP contribution is -1.93. The van der Waals surface area contributed by atoms with Crippen molar-refractivity contribution in [2.75, 3.05) is 5.73 Å². The van der Waals surface area contributed by atoms with Gasteiger partial charge in [0, 0.05) is 11.5 Å². The van der Waals surface area contributed by atoms with E-state index in [9.17, 15) is 4.79 Å². The van der Waals surface area contributed by atoms with Gasteiger partial charge in [-0.25, -0.2) is 0 Å². The predicted molar refractivity (Wildman–Crippen MR) is 51.6 cm³/mol. The van der Waals surface area contributed by atoms with Crippen LogP contribution >= 0.6 is 24.2 Å². The Bertz CT molecular complexity index is 324. The van der Waals surface area contributed by atoms with Crippen LogP contribution in [-0.4, -0.2) is 20.7 Å². The van der Waals surface area contributed by atoms with Crippen molar-refractivity contribution in [1.29, 1.82) is 0 Å². The molecule has 6 nitrogen and oxygen atoms in total. The van der Waals surface area contributed by atoms with E-state index in [0.717, 1.165) is 17.7 Å². The molecule has 1 heterocycles. The summed E-state index contributed by atoms with van der Waals surface area (Å²) in [5.74, 6) is 0.436. The summed E-state index contributed by atoms with van der Waals surface area (Å²) in [5, 5.41) is 3.20. The molecular formula is C5H6N4O2S2. The highest BCUT2D eigenvalue weighted by atomic mass is 32.1. The third kappa shape index (κ3) is 3.85. The van der Waals surface area contributed by atoms with E-state index in [-0.39, 0.29) is 6.61 Å². The Morgan fingerprint density at radius 3 is 3.15 bits per heavy atom. The van der Waals surface area contributed by atoms with E-state index in [1.54, 1.807) is 0 Å². The first-order valence-corrected chi connectivity index (χ1v) is 4.37. The fourth-order valence-corrected chi connectivity index (χ4v) is 0.989. The quantitative estimate of drug-likeness (QED) is 0.424. The fraction of sp³-hybridized carbons (Fsp3) is 0.200. The minimum atomic E-state index is -0.481. The summed E-state index contributed by atoms with van der Waals surface area (Å²) in [6.45, 7) is 0.0885. The van der Waals surface area contributed by atoms with Crippen molar-refractivity contribution in [3.8, 4) is 0 Å². The van der Waals surface area contributed by atoms with Gasteiger partial charge in [-0.2, -0.15) is 9.36 Å². The summed E-state index contributed by atoms with van der Waals surface area (Å²) in [7, 11) is 0.